The fourth-order valence-electron chi connectivity index (χ4n) is 4.13. The number of aliphatic hydroxyl groups is 3. The minimum absolute atomic E-state index is 0.181. The van der Waals surface area contributed by atoms with E-state index in [-0.39, 0.29) is 5.82 Å². The molecule has 0 bridgehead atoms. The predicted octanol–water partition coefficient (Wildman–Crippen LogP) is 1.61. The van der Waals surface area contributed by atoms with E-state index in [9.17, 15) is 15.3 Å². The summed E-state index contributed by atoms with van der Waals surface area (Å²) < 4.78 is 7.26. The molecule has 1 aliphatic rings. The summed E-state index contributed by atoms with van der Waals surface area (Å²) in [4.78, 5) is 12.8. The number of hydrogen-bond acceptors (Lipinski definition) is 9. The molecule has 0 unspecified atom stereocenters. The lowest BCUT2D eigenvalue weighted by molar-refractivity contribution is -0.0501. The molecule has 0 radical (unpaired) electrons. The molecule has 2 aromatic carbocycles. The summed E-state index contributed by atoms with van der Waals surface area (Å²) in [5.41, 5.74) is 11.2. The van der Waals surface area contributed by atoms with Crippen molar-refractivity contribution in [1.82, 2.24) is 19.5 Å². The monoisotopic (exact) mass is 462 g/mol. The van der Waals surface area contributed by atoms with Gasteiger partial charge in [0.05, 0.1) is 6.61 Å². The van der Waals surface area contributed by atoms with E-state index >= 15 is 0 Å². The van der Waals surface area contributed by atoms with Crippen LogP contribution >= 0.6 is 0 Å². The lowest BCUT2D eigenvalue weighted by Gasteiger charge is -2.19. The van der Waals surface area contributed by atoms with E-state index < -0.39 is 31.1 Å². The van der Waals surface area contributed by atoms with Gasteiger partial charge < -0.3 is 31.1 Å². The Balaban J connectivity index is 1.42. The Kier molecular flexibility index (Phi) is 5.88. The molecule has 5 rings (SSSR count). The topological polar surface area (TPSA) is 152 Å². The van der Waals surface area contributed by atoms with Gasteiger partial charge in [0, 0.05) is 6.54 Å². The Morgan fingerprint density at radius 2 is 1.68 bits per heavy atom. The first-order valence-corrected chi connectivity index (χ1v) is 11.0. The first-order chi connectivity index (χ1) is 16.5. The minimum Gasteiger partial charge on any atom is -0.394 e. The summed E-state index contributed by atoms with van der Waals surface area (Å²) in [7, 11) is 0. The average Bonchev–Trinajstić information content (AvgIpc) is 3.36. The van der Waals surface area contributed by atoms with Crippen molar-refractivity contribution in [2.75, 3.05) is 17.7 Å². The average molecular weight is 463 g/mol. The van der Waals surface area contributed by atoms with E-state index in [0.717, 1.165) is 16.7 Å². The predicted molar refractivity (Wildman–Crippen MR) is 127 cm³/mol. The Labute approximate surface area is 195 Å². The summed E-state index contributed by atoms with van der Waals surface area (Å²) in [6.07, 6.45) is -3.20. The number of aromatic nitrogens is 4. The van der Waals surface area contributed by atoms with Crippen molar-refractivity contribution >= 4 is 22.9 Å². The highest BCUT2D eigenvalue weighted by molar-refractivity contribution is 5.84. The Bertz CT molecular complexity index is 1290. The molecule has 10 heteroatoms. The highest BCUT2D eigenvalue weighted by Crippen LogP contribution is 2.35. The van der Waals surface area contributed by atoms with Crippen LogP contribution in [0.4, 0.5) is 11.8 Å². The van der Waals surface area contributed by atoms with Gasteiger partial charge in [0.1, 0.15) is 24.6 Å². The first kappa shape index (κ1) is 22.2. The SMILES string of the molecule is Cc1ccc(-c2ccc(CNc3nc4c(N)ncnc4n3[C@@H]3O[C@H](CO)[C@@H](O)[C@H]3O)cc2)cc1. The molecule has 176 valence electrons. The molecule has 0 saturated carbocycles. The number of benzene rings is 2. The maximum absolute atomic E-state index is 10.6. The number of nitrogens with one attached hydrogen (secondary N) is 1. The van der Waals surface area contributed by atoms with Crippen LogP contribution in [0, 0.1) is 6.92 Å². The molecule has 34 heavy (non-hydrogen) atoms. The zero-order valence-electron chi connectivity index (χ0n) is 18.5. The lowest BCUT2D eigenvalue weighted by atomic mass is 10.0. The summed E-state index contributed by atoms with van der Waals surface area (Å²) in [5.74, 6) is 0.528. The number of imidazole rings is 1. The number of nitrogens with zero attached hydrogens (tertiary/aromatic N) is 4. The van der Waals surface area contributed by atoms with Crippen molar-refractivity contribution in [2.24, 2.45) is 0 Å². The third kappa shape index (κ3) is 3.97. The number of anilines is 2. The molecule has 1 fully saturated rings. The van der Waals surface area contributed by atoms with E-state index in [1.807, 2.05) is 12.1 Å². The number of aryl methyl sites for hydroxylation is 1. The quantitative estimate of drug-likeness (QED) is 0.288. The molecule has 1 aliphatic heterocycles. The second-order valence-corrected chi connectivity index (χ2v) is 8.38. The number of nitrogens with two attached hydrogens (primary N) is 1. The van der Waals surface area contributed by atoms with Crippen LogP contribution in [-0.2, 0) is 11.3 Å². The largest absolute Gasteiger partial charge is 0.394 e. The minimum atomic E-state index is -1.29. The fourth-order valence-corrected chi connectivity index (χ4v) is 4.13. The van der Waals surface area contributed by atoms with Crippen LogP contribution in [0.25, 0.3) is 22.3 Å². The van der Waals surface area contributed by atoms with Crippen molar-refractivity contribution in [3.63, 3.8) is 0 Å². The van der Waals surface area contributed by atoms with Gasteiger partial charge >= 0.3 is 0 Å². The number of fused-ring (bicyclic) bond motifs is 1. The van der Waals surface area contributed by atoms with E-state index in [4.69, 9.17) is 10.5 Å². The lowest BCUT2D eigenvalue weighted by Crippen LogP contribution is -2.33. The highest BCUT2D eigenvalue weighted by atomic mass is 16.6. The molecule has 4 aromatic rings. The summed E-state index contributed by atoms with van der Waals surface area (Å²) in [5, 5.41) is 33.6. The van der Waals surface area contributed by atoms with Crippen LogP contribution in [-0.4, -0.2) is 59.8 Å². The number of aliphatic hydroxyl groups excluding tert-OH is 3. The summed E-state index contributed by atoms with van der Waals surface area (Å²) in [6, 6.07) is 16.5. The van der Waals surface area contributed by atoms with Gasteiger partial charge in [-0.1, -0.05) is 54.1 Å². The standard InChI is InChI=1S/C24H26N6O4/c1-13-2-6-15(7-3-13)16-8-4-14(5-9-16)10-26-24-29-18-21(25)27-12-28-22(18)30(24)23-20(33)19(32)17(11-31)34-23/h2-9,12,17,19-20,23,31-33H,10-11H2,1H3,(H,26,29)(H2,25,27,28)/t17-,19-,20-,23-/m1/s1. The van der Waals surface area contributed by atoms with E-state index in [2.05, 4.69) is 63.6 Å². The Morgan fingerprint density at radius 1 is 1.00 bits per heavy atom. The van der Waals surface area contributed by atoms with Crippen molar-refractivity contribution in [3.05, 3.63) is 66.0 Å². The van der Waals surface area contributed by atoms with Crippen LogP contribution in [0.15, 0.2) is 54.9 Å². The Morgan fingerprint density at radius 3 is 2.32 bits per heavy atom. The van der Waals surface area contributed by atoms with Crippen molar-refractivity contribution in [2.45, 2.75) is 38.0 Å². The van der Waals surface area contributed by atoms with Gasteiger partial charge in [0.2, 0.25) is 5.95 Å². The molecule has 3 heterocycles. The molecule has 0 aliphatic carbocycles. The third-order valence-electron chi connectivity index (χ3n) is 6.07. The number of rotatable bonds is 6. The van der Waals surface area contributed by atoms with Gasteiger partial charge in [-0.2, -0.15) is 0 Å². The first-order valence-electron chi connectivity index (χ1n) is 11.0. The van der Waals surface area contributed by atoms with Crippen LogP contribution in [0.2, 0.25) is 0 Å². The normalized spacial score (nSPS) is 22.4. The maximum Gasteiger partial charge on any atom is 0.207 e. The third-order valence-corrected chi connectivity index (χ3v) is 6.07. The van der Waals surface area contributed by atoms with Crippen molar-refractivity contribution in [1.29, 1.82) is 0 Å². The Hall–Kier alpha value is -3.57. The second kappa shape index (κ2) is 8.99. The maximum atomic E-state index is 10.6. The van der Waals surface area contributed by atoms with Crippen LogP contribution < -0.4 is 11.1 Å². The van der Waals surface area contributed by atoms with E-state index in [1.54, 1.807) is 0 Å². The van der Waals surface area contributed by atoms with Crippen LogP contribution in [0.3, 0.4) is 0 Å². The van der Waals surface area contributed by atoms with Gasteiger partial charge in [0.15, 0.2) is 23.2 Å². The molecule has 4 atom stereocenters. The zero-order valence-corrected chi connectivity index (χ0v) is 18.5. The van der Waals surface area contributed by atoms with Crippen molar-refractivity contribution < 1.29 is 20.1 Å². The molecule has 10 nitrogen and oxygen atoms in total. The van der Waals surface area contributed by atoms with Crippen LogP contribution in [0.1, 0.15) is 17.4 Å². The molecule has 2 aromatic heterocycles. The van der Waals surface area contributed by atoms with Crippen molar-refractivity contribution in [3.8, 4) is 11.1 Å². The van der Waals surface area contributed by atoms with E-state index in [1.165, 1.54) is 16.5 Å². The molecule has 1 saturated heterocycles. The molecular weight excluding hydrogens is 436 g/mol. The van der Waals surface area contributed by atoms with Gasteiger partial charge in [-0.15, -0.1) is 0 Å². The number of ether oxygens (including phenoxy) is 1. The summed E-state index contributed by atoms with van der Waals surface area (Å²) in [6.45, 7) is 2.06. The molecule has 0 amide bonds. The zero-order chi connectivity index (χ0) is 23.8. The smallest absolute Gasteiger partial charge is 0.207 e. The number of nitrogen functional groups attached to an aromatic ring is 1. The number of hydrogen-bond donors (Lipinski definition) is 5. The highest BCUT2D eigenvalue weighted by Gasteiger charge is 2.45. The second-order valence-electron chi connectivity index (χ2n) is 8.38. The molecule has 0 spiro atoms. The van der Waals surface area contributed by atoms with Crippen LogP contribution in [0.5, 0.6) is 0 Å². The van der Waals surface area contributed by atoms with Gasteiger partial charge in [-0.05, 0) is 23.6 Å². The molecular formula is C24H26N6O4. The molecule has 6 N–H and O–H groups in total. The summed E-state index contributed by atoms with van der Waals surface area (Å²) >= 11 is 0. The van der Waals surface area contributed by atoms with Gasteiger partial charge in [-0.25, -0.2) is 15.0 Å². The fraction of sp³-hybridized carbons (Fsp3) is 0.292. The van der Waals surface area contributed by atoms with Gasteiger partial charge in [0.25, 0.3) is 0 Å². The van der Waals surface area contributed by atoms with E-state index in [0.29, 0.717) is 23.7 Å². The van der Waals surface area contributed by atoms with Gasteiger partial charge in [-0.3, -0.25) is 4.57 Å².